The lowest BCUT2D eigenvalue weighted by atomic mass is 9.48. The second-order valence-corrected chi connectivity index (χ2v) is 6.02. The number of rotatable bonds is 0. The van der Waals surface area contributed by atoms with E-state index in [2.05, 4.69) is 11.9 Å². The van der Waals surface area contributed by atoms with Crippen LogP contribution in [0.25, 0.3) is 0 Å². The smallest absolute Gasteiger partial charge is 0.220 e. The summed E-state index contributed by atoms with van der Waals surface area (Å²) in [5.41, 5.74) is 1.85. The van der Waals surface area contributed by atoms with Crippen LogP contribution in [0.5, 0.6) is 0 Å². The quantitative estimate of drug-likeness (QED) is 0.597. The molecule has 1 spiro atoms. The Morgan fingerprint density at radius 1 is 1.33 bits per heavy atom. The summed E-state index contributed by atoms with van der Waals surface area (Å²) in [7, 11) is 0. The molecule has 4 rings (SSSR count). The van der Waals surface area contributed by atoms with Gasteiger partial charge in [-0.05, 0) is 42.9 Å². The van der Waals surface area contributed by atoms with Gasteiger partial charge < -0.3 is 5.32 Å². The zero-order chi connectivity index (χ0) is 10.2. The topological polar surface area (TPSA) is 29.1 Å². The first-order valence-corrected chi connectivity index (χ1v) is 6.17. The van der Waals surface area contributed by atoms with Crippen LogP contribution in [0, 0.1) is 29.1 Å². The molecular weight excluding hydrogens is 186 g/mol. The Morgan fingerprint density at radius 2 is 2.20 bits per heavy atom. The van der Waals surface area contributed by atoms with E-state index in [0.717, 1.165) is 36.6 Å². The highest BCUT2D eigenvalue weighted by atomic mass is 16.1. The third-order valence-corrected chi connectivity index (χ3v) is 5.77. The van der Waals surface area contributed by atoms with Crippen LogP contribution in [0.3, 0.4) is 0 Å². The third kappa shape index (κ3) is 0.745. The van der Waals surface area contributed by atoms with Crippen molar-refractivity contribution >= 4 is 5.91 Å². The zero-order valence-electron chi connectivity index (χ0n) is 8.96. The lowest BCUT2D eigenvalue weighted by Gasteiger charge is -2.55. The van der Waals surface area contributed by atoms with Gasteiger partial charge in [0.2, 0.25) is 5.91 Å². The van der Waals surface area contributed by atoms with Gasteiger partial charge in [-0.25, -0.2) is 0 Å². The zero-order valence-corrected chi connectivity index (χ0v) is 8.96. The lowest BCUT2D eigenvalue weighted by Crippen LogP contribution is -2.54. The van der Waals surface area contributed by atoms with Gasteiger partial charge in [-0.3, -0.25) is 4.79 Å². The van der Waals surface area contributed by atoms with Gasteiger partial charge in [-0.1, -0.05) is 12.2 Å². The average Bonchev–Trinajstić information content (AvgIpc) is 2.80. The Balaban J connectivity index is 1.75. The van der Waals surface area contributed by atoms with Crippen LogP contribution in [-0.4, -0.2) is 12.5 Å². The van der Waals surface area contributed by atoms with Crippen molar-refractivity contribution in [1.82, 2.24) is 5.32 Å². The molecule has 5 unspecified atom stereocenters. The van der Waals surface area contributed by atoms with E-state index in [9.17, 15) is 4.79 Å². The van der Waals surface area contributed by atoms with Crippen molar-refractivity contribution in [3.8, 4) is 0 Å². The highest BCUT2D eigenvalue weighted by Crippen LogP contribution is 2.73. The van der Waals surface area contributed by atoms with E-state index in [1.165, 1.54) is 24.8 Å². The second kappa shape index (κ2) is 2.31. The van der Waals surface area contributed by atoms with Gasteiger partial charge in [0.25, 0.3) is 0 Å². The molecule has 1 heterocycles. The first-order chi connectivity index (χ1) is 7.22. The highest BCUT2D eigenvalue weighted by Gasteiger charge is 2.70. The highest BCUT2D eigenvalue weighted by molar-refractivity contribution is 5.79. The fourth-order valence-corrected chi connectivity index (χ4v) is 5.26. The summed E-state index contributed by atoms with van der Waals surface area (Å²) in [6, 6.07) is 0. The van der Waals surface area contributed by atoms with Crippen LogP contribution in [0.2, 0.25) is 0 Å². The number of allylic oxidation sites excluding steroid dienone is 1. The van der Waals surface area contributed by atoms with Gasteiger partial charge in [0, 0.05) is 18.4 Å². The Labute approximate surface area is 90.1 Å². The molecule has 0 aromatic rings. The second-order valence-electron chi connectivity index (χ2n) is 6.02. The fourth-order valence-electron chi connectivity index (χ4n) is 5.26. The van der Waals surface area contributed by atoms with Gasteiger partial charge in [0.1, 0.15) is 0 Å². The van der Waals surface area contributed by atoms with Crippen LogP contribution in [0.4, 0.5) is 0 Å². The van der Waals surface area contributed by atoms with Crippen LogP contribution < -0.4 is 5.32 Å². The Hall–Kier alpha value is -0.790. The number of amides is 1. The molecule has 4 aliphatic rings. The maximum Gasteiger partial charge on any atom is 0.220 e. The Kier molecular flexibility index (Phi) is 1.29. The van der Waals surface area contributed by atoms with Crippen molar-refractivity contribution in [2.45, 2.75) is 25.7 Å². The van der Waals surface area contributed by atoms with Gasteiger partial charge in [0.05, 0.1) is 0 Å². The van der Waals surface area contributed by atoms with E-state index in [-0.39, 0.29) is 5.91 Å². The molecule has 0 aromatic heterocycles. The summed E-state index contributed by atoms with van der Waals surface area (Å²) in [5.74, 6) is 3.65. The van der Waals surface area contributed by atoms with Crippen LogP contribution in [0.1, 0.15) is 25.7 Å². The van der Waals surface area contributed by atoms with Crippen molar-refractivity contribution in [1.29, 1.82) is 0 Å². The molecule has 0 radical (unpaired) electrons. The molecule has 1 N–H and O–H groups in total. The largest absolute Gasteiger partial charge is 0.355 e. The minimum absolute atomic E-state index is 0.286. The molecule has 80 valence electrons. The molecule has 1 saturated heterocycles. The molecule has 3 aliphatic carbocycles. The normalized spacial score (nSPS) is 55.7. The van der Waals surface area contributed by atoms with Crippen molar-refractivity contribution in [3.05, 3.63) is 12.2 Å². The van der Waals surface area contributed by atoms with Gasteiger partial charge in [-0.2, -0.15) is 0 Å². The van der Waals surface area contributed by atoms with Gasteiger partial charge in [0.15, 0.2) is 0 Å². The SMILES string of the molecule is C=C1CC2C3C1CCC3C21CNC(=O)C1. The molecule has 3 saturated carbocycles. The molecule has 2 nitrogen and oxygen atoms in total. The number of fused-ring (bicyclic) bond motifs is 2. The molecule has 4 fully saturated rings. The molecule has 2 heteroatoms. The standard InChI is InChI=1S/C13H17NO/c1-7-4-10-12-8(7)2-3-9(12)13(10)5-11(15)14-6-13/h8-10,12H,1-6H2,(H,14,15). The van der Waals surface area contributed by atoms with Crippen molar-refractivity contribution < 1.29 is 4.79 Å². The number of carbonyl (C=O) groups is 1. The summed E-state index contributed by atoms with van der Waals surface area (Å²) in [6.07, 6.45) is 4.71. The number of carbonyl (C=O) groups excluding carboxylic acids is 1. The third-order valence-electron chi connectivity index (χ3n) is 5.77. The van der Waals surface area contributed by atoms with Crippen LogP contribution in [0.15, 0.2) is 12.2 Å². The molecule has 0 bridgehead atoms. The first-order valence-electron chi connectivity index (χ1n) is 6.17. The van der Waals surface area contributed by atoms with Gasteiger partial charge >= 0.3 is 0 Å². The van der Waals surface area contributed by atoms with Crippen LogP contribution >= 0.6 is 0 Å². The molecule has 15 heavy (non-hydrogen) atoms. The molecule has 0 aromatic carbocycles. The average molecular weight is 203 g/mol. The first kappa shape index (κ1) is 8.37. The molecule has 1 amide bonds. The Morgan fingerprint density at radius 3 is 2.93 bits per heavy atom. The molecule has 1 aliphatic heterocycles. The lowest BCUT2D eigenvalue weighted by molar-refractivity contribution is -0.124. The van der Waals surface area contributed by atoms with Crippen LogP contribution in [-0.2, 0) is 4.79 Å². The Bertz CT molecular complexity index is 375. The summed E-state index contributed by atoms with van der Waals surface area (Å²) in [5, 5.41) is 3.05. The predicted molar refractivity (Wildman–Crippen MR) is 57.0 cm³/mol. The monoisotopic (exact) mass is 203 g/mol. The minimum atomic E-state index is 0.286. The summed E-state index contributed by atoms with van der Waals surface area (Å²) in [4.78, 5) is 11.5. The summed E-state index contributed by atoms with van der Waals surface area (Å²) >= 11 is 0. The van der Waals surface area contributed by atoms with Crippen molar-refractivity contribution in [2.75, 3.05) is 6.54 Å². The van der Waals surface area contributed by atoms with Crippen molar-refractivity contribution in [2.24, 2.45) is 29.1 Å². The maximum atomic E-state index is 11.5. The predicted octanol–water partition coefficient (Wildman–Crippen LogP) is 1.72. The van der Waals surface area contributed by atoms with E-state index in [1.807, 2.05) is 0 Å². The summed E-state index contributed by atoms with van der Waals surface area (Å²) < 4.78 is 0. The summed E-state index contributed by atoms with van der Waals surface area (Å²) in [6.45, 7) is 5.20. The minimum Gasteiger partial charge on any atom is -0.355 e. The number of hydrogen-bond donors (Lipinski definition) is 1. The fraction of sp³-hybridized carbons (Fsp3) is 0.769. The number of nitrogens with one attached hydrogen (secondary N) is 1. The van der Waals surface area contributed by atoms with Crippen molar-refractivity contribution in [3.63, 3.8) is 0 Å². The van der Waals surface area contributed by atoms with E-state index >= 15 is 0 Å². The van der Waals surface area contributed by atoms with E-state index in [1.54, 1.807) is 0 Å². The van der Waals surface area contributed by atoms with E-state index in [0.29, 0.717) is 5.41 Å². The maximum absolute atomic E-state index is 11.5. The van der Waals surface area contributed by atoms with Gasteiger partial charge in [-0.15, -0.1) is 0 Å². The number of hydrogen-bond acceptors (Lipinski definition) is 1. The molecule has 5 atom stereocenters. The van der Waals surface area contributed by atoms with E-state index in [4.69, 9.17) is 0 Å². The molecular formula is C13H17NO. The van der Waals surface area contributed by atoms with E-state index < -0.39 is 0 Å².